The molecule has 0 saturated heterocycles. The van der Waals surface area contributed by atoms with Crippen LogP contribution in [0, 0.1) is 0 Å². The molecule has 0 saturated carbocycles. The summed E-state index contributed by atoms with van der Waals surface area (Å²) in [6.45, 7) is 3.42. The van der Waals surface area contributed by atoms with Crippen LogP contribution in [-0.4, -0.2) is 28.1 Å². The second-order valence-corrected chi connectivity index (χ2v) is 3.73. The number of aromatic nitrogens is 1. The molecule has 0 aliphatic heterocycles. The van der Waals surface area contributed by atoms with Crippen LogP contribution in [0.15, 0.2) is 24.5 Å². The maximum absolute atomic E-state index is 11.6. The van der Waals surface area contributed by atoms with Gasteiger partial charge in [-0.05, 0) is 26.0 Å². The second kappa shape index (κ2) is 4.19. The van der Waals surface area contributed by atoms with Crippen LogP contribution in [0.3, 0.4) is 0 Å². The molecule has 14 heavy (non-hydrogen) atoms. The van der Waals surface area contributed by atoms with Crippen molar-refractivity contribution in [3.63, 3.8) is 0 Å². The highest BCUT2D eigenvalue weighted by Crippen LogP contribution is 2.03. The molecular weight excluding hydrogens is 180 g/mol. The monoisotopic (exact) mass is 194 g/mol. The van der Waals surface area contributed by atoms with Crippen molar-refractivity contribution in [1.82, 2.24) is 10.3 Å². The zero-order valence-electron chi connectivity index (χ0n) is 8.32. The molecule has 0 aliphatic rings. The fraction of sp³-hybridized carbons (Fsp3) is 0.400. The summed E-state index contributed by atoms with van der Waals surface area (Å²) in [5.74, 6) is -0.202. The lowest BCUT2D eigenvalue weighted by Crippen LogP contribution is -2.46. The summed E-state index contributed by atoms with van der Waals surface area (Å²) in [6, 6.07) is 3.26. The minimum atomic E-state index is -0.597. The largest absolute Gasteiger partial charge is 0.394 e. The van der Waals surface area contributed by atoms with Gasteiger partial charge < -0.3 is 10.4 Å². The molecule has 4 heteroatoms. The maximum Gasteiger partial charge on any atom is 0.251 e. The summed E-state index contributed by atoms with van der Waals surface area (Å²) in [6.07, 6.45) is 3.11. The molecule has 0 fully saturated rings. The van der Waals surface area contributed by atoms with Gasteiger partial charge in [-0.15, -0.1) is 0 Å². The van der Waals surface area contributed by atoms with Crippen LogP contribution in [0.1, 0.15) is 24.2 Å². The van der Waals surface area contributed by atoms with E-state index in [4.69, 9.17) is 5.11 Å². The highest BCUT2D eigenvalue weighted by Gasteiger charge is 2.19. The molecule has 0 aliphatic carbocycles. The predicted molar refractivity (Wildman–Crippen MR) is 52.9 cm³/mol. The van der Waals surface area contributed by atoms with Gasteiger partial charge in [0.05, 0.1) is 12.1 Å². The average molecular weight is 194 g/mol. The molecule has 76 valence electrons. The lowest BCUT2D eigenvalue weighted by molar-refractivity contribution is 0.0869. The van der Waals surface area contributed by atoms with Crippen molar-refractivity contribution < 1.29 is 9.90 Å². The molecule has 1 rings (SSSR count). The number of hydrogen-bond donors (Lipinski definition) is 2. The Morgan fingerprint density at radius 3 is 2.57 bits per heavy atom. The molecule has 2 N–H and O–H groups in total. The number of pyridine rings is 1. The van der Waals surface area contributed by atoms with Crippen molar-refractivity contribution in [1.29, 1.82) is 0 Å². The molecule has 1 aromatic heterocycles. The summed E-state index contributed by atoms with van der Waals surface area (Å²) >= 11 is 0. The summed E-state index contributed by atoms with van der Waals surface area (Å²) in [7, 11) is 0. The van der Waals surface area contributed by atoms with Crippen LogP contribution < -0.4 is 5.32 Å². The molecular formula is C10H14N2O2. The first kappa shape index (κ1) is 10.7. The molecule has 0 spiro atoms. The first-order valence-electron chi connectivity index (χ1n) is 4.38. The number of aliphatic hydroxyl groups excluding tert-OH is 1. The third kappa shape index (κ3) is 2.81. The molecule has 1 aromatic rings. The lowest BCUT2D eigenvalue weighted by atomic mass is 10.1. The van der Waals surface area contributed by atoms with Crippen LogP contribution in [0.4, 0.5) is 0 Å². The van der Waals surface area contributed by atoms with Crippen LogP contribution in [-0.2, 0) is 0 Å². The van der Waals surface area contributed by atoms with E-state index >= 15 is 0 Å². The molecule has 0 unspecified atom stereocenters. The molecule has 1 heterocycles. The number of nitrogens with zero attached hydrogens (tertiary/aromatic N) is 1. The number of amides is 1. The Bertz CT molecular complexity index is 309. The Labute approximate surface area is 83.0 Å². The van der Waals surface area contributed by atoms with Gasteiger partial charge in [0.25, 0.3) is 5.91 Å². The molecule has 4 nitrogen and oxygen atoms in total. The van der Waals surface area contributed by atoms with Crippen LogP contribution in [0.2, 0.25) is 0 Å². The van der Waals surface area contributed by atoms with Gasteiger partial charge >= 0.3 is 0 Å². The van der Waals surface area contributed by atoms with E-state index in [-0.39, 0.29) is 12.5 Å². The topological polar surface area (TPSA) is 62.2 Å². The Morgan fingerprint density at radius 1 is 1.50 bits per heavy atom. The first-order chi connectivity index (χ1) is 6.55. The van der Waals surface area contributed by atoms with Crippen molar-refractivity contribution in [3.8, 4) is 0 Å². The van der Waals surface area contributed by atoms with Crippen LogP contribution >= 0.6 is 0 Å². The number of rotatable bonds is 3. The van der Waals surface area contributed by atoms with Crippen molar-refractivity contribution in [2.45, 2.75) is 19.4 Å². The molecule has 1 amide bonds. The van der Waals surface area contributed by atoms with E-state index in [1.807, 2.05) is 0 Å². The molecule has 0 atom stereocenters. The van der Waals surface area contributed by atoms with Gasteiger partial charge in [-0.1, -0.05) is 0 Å². The predicted octanol–water partition coefficient (Wildman–Crippen LogP) is 0.582. The third-order valence-electron chi connectivity index (χ3n) is 1.79. The number of carbonyl (C=O) groups excluding carboxylic acids is 1. The highest BCUT2D eigenvalue weighted by molar-refractivity contribution is 5.94. The highest BCUT2D eigenvalue weighted by atomic mass is 16.3. The van der Waals surface area contributed by atoms with Crippen molar-refractivity contribution in [2.75, 3.05) is 6.61 Å². The smallest absolute Gasteiger partial charge is 0.251 e. The Kier molecular flexibility index (Phi) is 3.19. The van der Waals surface area contributed by atoms with E-state index in [1.54, 1.807) is 38.4 Å². The summed E-state index contributed by atoms with van der Waals surface area (Å²) in [5, 5.41) is 11.7. The minimum Gasteiger partial charge on any atom is -0.394 e. The van der Waals surface area contributed by atoms with Gasteiger partial charge in [0.15, 0.2) is 0 Å². The third-order valence-corrected chi connectivity index (χ3v) is 1.79. The summed E-state index contributed by atoms with van der Waals surface area (Å²) in [5.41, 5.74) is -0.0538. The number of hydrogen-bond acceptors (Lipinski definition) is 3. The van der Waals surface area contributed by atoms with E-state index < -0.39 is 5.54 Å². The average Bonchev–Trinajstić information content (AvgIpc) is 2.19. The number of nitrogens with one attached hydrogen (secondary N) is 1. The summed E-state index contributed by atoms with van der Waals surface area (Å²) < 4.78 is 0. The van der Waals surface area contributed by atoms with E-state index in [9.17, 15) is 4.79 Å². The second-order valence-electron chi connectivity index (χ2n) is 3.73. The zero-order valence-corrected chi connectivity index (χ0v) is 8.32. The van der Waals surface area contributed by atoms with Gasteiger partial charge in [-0.2, -0.15) is 0 Å². The summed E-state index contributed by atoms with van der Waals surface area (Å²) in [4.78, 5) is 15.4. The standard InChI is InChI=1S/C10H14N2O2/c1-10(2,7-13)12-9(14)8-3-5-11-6-4-8/h3-6,13H,7H2,1-2H3,(H,12,14). The minimum absolute atomic E-state index is 0.0934. The maximum atomic E-state index is 11.6. The van der Waals surface area contributed by atoms with E-state index in [2.05, 4.69) is 10.3 Å². The van der Waals surface area contributed by atoms with Gasteiger partial charge in [-0.25, -0.2) is 0 Å². The molecule has 0 aromatic carbocycles. The van der Waals surface area contributed by atoms with E-state index in [0.29, 0.717) is 5.56 Å². The van der Waals surface area contributed by atoms with Crippen molar-refractivity contribution >= 4 is 5.91 Å². The Balaban J connectivity index is 2.69. The lowest BCUT2D eigenvalue weighted by Gasteiger charge is -2.23. The van der Waals surface area contributed by atoms with E-state index in [0.717, 1.165) is 0 Å². The molecule has 0 radical (unpaired) electrons. The normalized spacial score (nSPS) is 11.1. The van der Waals surface area contributed by atoms with Gasteiger partial charge in [0.1, 0.15) is 0 Å². The molecule has 0 bridgehead atoms. The van der Waals surface area contributed by atoms with Gasteiger partial charge in [0, 0.05) is 18.0 Å². The zero-order chi connectivity index (χ0) is 10.6. The fourth-order valence-electron chi connectivity index (χ4n) is 0.922. The van der Waals surface area contributed by atoms with Crippen LogP contribution in [0.5, 0.6) is 0 Å². The van der Waals surface area contributed by atoms with Crippen molar-refractivity contribution in [2.24, 2.45) is 0 Å². The first-order valence-corrected chi connectivity index (χ1v) is 4.38. The van der Waals surface area contributed by atoms with E-state index in [1.165, 1.54) is 0 Å². The quantitative estimate of drug-likeness (QED) is 0.740. The Morgan fingerprint density at radius 2 is 2.07 bits per heavy atom. The Hall–Kier alpha value is -1.42. The van der Waals surface area contributed by atoms with Crippen molar-refractivity contribution in [3.05, 3.63) is 30.1 Å². The number of aliphatic hydroxyl groups is 1. The number of carbonyl (C=O) groups is 1. The van der Waals surface area contributed by atoms with Gasteiger partial charge in [0.2, 0.25) is 0 Å². The SMILES string of the molecule is CC(C)(CO)NC(=O)c1ccncc1. The fourth-order valence-corrected chi connectivity index (χ4v) is 0.922. The van der Waals surface area contributed by atoms with Crippen LogP contribution in [0.25, 0.3) is 0 Å². The van der Waals surface area contributed by atoms with Gasteiger partial charge in [-0.3, -0.25) is 9.78 Å².